The zero-order valence-corrected chi connectivity index (χ0v) is 11.8. The van der Waals surface area contributed by atoms with Crippen LogP contribution in [0.3, 0.4) is 0 Å². The van der Waals surface area contributed by atoms with Gasteiger partial charge in [-0.25, -0.2) is 4.79 Å². The Hall–Kier alpha value is -2.24. The van der Waals surface area contributed by atoms with Crippen molar-refractivity contribution in [1.82, 2.24) is 5.32 Å². The second-order valence-corrected chi connectivity index (χ2v) is 4.24. The van der Waals surface area contributed by atoms with E-state index in [0.29, 0.717) is 5.69 Å². The average molecular weight is 279 g/mol. The van der Waals surface area contributed by atoms with Crippen molar-refractivity contribution in [2.75, 3.05) is 29.9 Å². The normalized spacial score (nSPS) is 9.90. The number of carboxylic acid groups (broad SMARTS) is 1. The van der Waals surface area contributed by atoms with Gasteiger partial charge >= 0.3 is 12.0 Å². The lowest BCUT2D eigenvalue weighted by molar-refractivity contribution is -0.136. The van der Waals surface area contributed by atoms with Crippen molar-refractivity contribution in [3.8, 4) is 0 Å². The minimum absolute atomic E-state index is 0.0890. The van der Waals surface area contributed by atoms with Crippen molar-refractivity contribution in [2.45, 2.75) is 20.3 Å². The van der Waals surface area contributed by atoms with Crippen LogP contribution in [0.1, 0.15) is 20.3 Å². The van der Waals surface area contributed by atoms with Gasteiger partial charge in [-0.2, -0.15) is 0 Å². The molecule has 1 aromatic rings. The number of aliphatic carboxylic acids is 1. The van der Waals surface area contributed by atoms with Crippen LogP contribution >= 0.6 is 0 Å². The number of hydrogen-bond donors (Lipinski definition) is 3. The highest BCUT2D eigenvalue weighted by molar-refractivity contribution is 5.89. The summed E-state index contributed by atoms with van der Waals surface area (Å²) in [5.41, 5.74) is 1.78. The maximum Gasteiger partial charge on any atom is 0.319 e. The molecule has 0 fully saturated rings. The molecular weight excluding hydrogens is 258 g/mol. The van der Waals surface area contributed by atoms with E-state index in [4.69, 9.17) is 5.11 Å². The van der Waals surface area contributed by atoms with Gasteiger partial charge in [0, 0.05) is 31.0 Å². The van der Waals surface area contributed by atoms with E-state index in [-0.39, 0.29) is 13.0 Å². The van der Waals surface area contributed by atoms with Crippen LogP contribution in [0.2, 0.25) is 0 Å². The summed E-state index contributed by atoms with van der Waals surface area (Å²) in [4.78, 5) is 24.0. The molecule has 0 atom stereocenters. The summed E-state index contributed by atoms with van der Waals surface area (Å²) in [5, 5.41) is 13.6. The molecule has 0 bridgehead atoms. The molecular formula is C14H21N3O3. The Kier molecular flexibility index (Phi) is 6.36. The summed E-state index contributed by atoms with van der Waals surface area (Å²) in [6.07, 6.45) is -0.0890. The fraction of sp³-hybridized carbons (Fsp3) is 0.429. The number of hydrogen-bond acceptors (Lipinski definition) is 3. The summed E-state index contributed by atoms with van der Waals surface area (Å²) in [5.74, 6) is -0.936. The fourth-order valence-electron chi connectivity index (χ4n) is 1.80. The maximum atomic E-state index is 11.5. The van der Waals surface area contributed by atoms with Crippen LogP contribution < -0.4 is 15.5 Å². The molecule has 0 aromatic heterocycles. The Morgan fingerprint density at radius 3 is 2.25 bits per heavy atom. The number of benzene rings is 1. The third-order valence-electron chi connectivity index (χ3n) is 2.88. The fourth-order valence-corrected chi connectivity index (χ4v) is 1.80. The van der Waals surface area contributed by atoms with Crippen LogP contribution in [-0.4, -0.2) is 36.7 Å². The molecule has 0 aliphatic carbocycles. The Labute approximate surface area is 118 Å². The lowest BCUT2D eigenvalue weighted by atomic mass is 10.2. The van der Waals surface area contributed by atoms with Gasteiger partial charge < -0.3 is 20.6 Å². The van der Waals surface area contributed by atoms with Gasteiger partial charge in [0.2, 0.25) is 0 Å². The first kappa shape index (κ1) is 15.8. The topological polar surface area (TPSA) is 81.7 Å². The van der Waals surface area contributed by atoms with Gasteiger partial charge in [0.25, 0.3) is 0 Å². The first-order chi connectivity index (χ1) is 9.56. The second-order valence-electron chi connectivity index (χ2n) is 4.24. The number of nitrogens with one attached hydrogen (secondary N) is 2. The standard InChI is InChI=1S/C14H21N3O3/c1-3-17(4-2)12-7-5-11(6-8-12)16-14(20)15-10-9-13(18)19/h5-8H,3-4,9-10H2,1-2H3,(H,18,19)(H2,15,16,20). The van der Waals surface area contributed by atoms with Crippen molar-refractivity contribution in [1.29, 1.82) is 0 Å². The van der Waals surface area contributed by atoms with E-state index in [1.54, 1.807) is 0 Å². The monoisotopic (exact) mass is 279 g/mol. The number of amides is 2. The number of anilines is 2. The molecule has 1 rings (SSSR count). The highest BCUT2D eigenvalue weighted by Crippen LogP contribution is 2.17. The van der Waals surface area contributed by atoms with Crippen LogP contribution in [0.25, 0.3) is 0 Å². The molecule has 0 unspecified atom stereocenters. The quantitative estimate of drug-likeness (QED) is 0.714. The van der Waals surface area contributed by atoms with Gasteiger partial charge in [-0.1, -0.05) is 0 Å². The molecule has 6 nitrogen and oxygen atoms in total. The molecule has 0 saturated carbocycles. The third kappa shape index (κ3) is 5.17. The minimum atomic E-state index is -0.936. The van der Waals surface area contributed by atoms with E-state index in [0.717, 1.165) is 18.8 Å². The molecule has 110 valence electrons. The SMILES string of the molecule is CCN(CC)c1ccc(NC(=O)NCCC(=O)O)cc1. The molecule has 6 heteroatoms. The van der Waals surface area contributed by atoms with Crippen molar-refractivity contribution in [2.24, 2.45) is 0 Å². The van der Waals surface area contributed by atoms with Gasteiger partial charge in [0.15, 0.2) is 0 Å². The highest BCUT2D eigenvalue weighted by Gasteiger charge is 2.04. The van der Waals surface area contributed by atoms with Crippen molar-refractivity contribution >= 4 is 23.4 Å². The smallest absolute Gasteiger partial charge is 0.319 e. The first-order valence-electron chi connectivity index (χ1n) is 6.68. The Morgan fingerprint density at radius 2 is 1.75 bits per heavy atom. The zero-order chi connectivity index (χ0) is 15.0. The van der Waals surface area contributed by atoms with E-state index < -0.39 is 12.0 Å². The van der Waals surface area contributed by atoms with Crippen molar-refractivity contribution in [3.05, 3.63) is 24.3 Å². The number of carboxylic acids is 1. The minimum Gasteiger partial charge on any atom is -0.481 e. The van der Waals surface area contributed by atoms with Crippen LogP contribution in [-0.2, 0) is 4.79 Å². The summed E-state index contributed by atoms with van der Waals surface area (Å²) < 4.78 is 0. The van der Waals surface area contributed by atoms with Crippen LogP contribution in [0.15, 0.2) is 24.3 Å². The molecule has 0 aliphatic rings. The Morgan fingerprint density at radius 1 is 1.15 bits per heavy atom. The summed E-state index contributed by atoms with van der Waals surface area (Å²) >= 11 is 0. The molecule has 0 heterocycles. The van der Waals surface area contributed by atoms with Gasteiger partial charge in [0.1, 0.15) is 0 Å². The molecule has 0 spiro atoms. The van der Waals surface area contributed by atoms with Gasteiger partial charge in [-0.15, -0.1) is 0 Å². The zero-order valence-electron chi connectivity index (χ0n) is 11.8. The van der Waals surface area contributed by atoms with E-state index in [1.165, 1.54) is 0 Å². The molecule has 0 saturated heterocycles. The van der Waals surface area contributed by atoms with Gasteiger partial charge in [0.05, 0.1) is 6.42 Å². The summed E-state index contributed by atoms with van der Waals surface area (Å²) in [7, 11) is 0. The molecule has 1 aromatic carbocycles. The largest absolute Gasteiger partial charge is 0.481 e. The predicted molar refractivity (Wildman–Crippen MR) is 79.3 cm³/mol. The average Bonchev–Trinajstić information content (AvgIpc) is 2.41. The van der Waals surface area contributed by atoms with Gasteiger partial charge in [-0.3, -0.25) is 4.79 Å². The summed E-state index contributed by atoms with van der Waals surface area (Å²) in [6.45, 7) is 6.15. The van der Waals surface area contributed by atoms with E-state index in [9.17, 15) is 9.59 Å². The van der Waals surface area contributed by atoms with E-state index in [1.807, 2.05) is 24.3 Å². The third-order valence-corrected chi connectivity index (χ3v) is 2.88. The number of carbonyl (C=O) groups is 2. The molecule has 2 amide bonds. The summed E-state index contributed by atoms with van der Waals surface area (Å²) in [6, 6.07) is 7.14. The predicted octanol–water partition coefficient (Wildman–Crippen LogP) is 2.13. The molecule has 20 heavy (non-hydrogen) atoms. The van der Waals surface area contributed by atoms with Crippen molar-refractivity contribution < 1.29 is 14.7 Å². The number of carbonyl (C=O) groups excluding carboxylic acids is 1. The lowest BCUT2D eigenvalue weighted by Crippen LogP contribution is -2.30. The molecule has 3 N–H and O–H groups in total. The number of rotatable bonds is 7. The molecule has 0 radical (unpaired) electrons. The molecule has 0 aliphatic heterocycles. The first-order valence-corrected chi connectivity index (χ1v) is 6.68. The maximum absolute atomic E-state index is 11.5. The second kappa shape index (κ2) is 8.04. The van der Waals surface area contributed by atoms with Crippen LogP contribution in [0.5, 0.6) is 0 Å². The van der Waals surface area contributed by atoms with Crippen molar-refractivity contribution in [3.63, 3.8) is 0 Å². The van der Waals surface area contributed by atoms with Crippen LogP contribution in [0, 0.1) is 0 Å². The van der Waals surface area contributed by atoms with E-state index in [2.05, 4.69) is 29.4 Å². The lowest BCUT2D eigenvalue weighted by Gasteiger charge is -2.21. The number of urea groups is 1. The number of nitrogens with zero attached hydrogens (tertiary/aromatic N) is 1. The van der Waals surface area contributed by atoms with Crippen LogP contribution in [0.4, 0.5) is 16.2 Å². The Bertz CT molecular complexity index is 441. The highest BCUT2D eigenvalue weighted by atomic mass is 16.4. The Balaban J connectivity index is 2.48. The van der Waals surface area contributed by atoms with Gasteiger partial charge in [-0.05, 0) is 38.1 Å². The van der Waals surface area contributed by atoms with E-state index >= 15 is 0 Å².